The largest absolute Gasteiger partial charge is 0.624 e. The van der Waals surface area contributed by atoms with Crippen molar-refractivity contribution in [3.05, 3.63) is 34.8 Å². The fourth-order valence-electron chi connectivity index (χ4n) is 0.805. The maximum Gasteiger partial charge on any atom is 0.200 e. The first-order chi connectivity index (χ1) is 5.20. The zero-order valence-electron chi connectivity index (χ0n) is 6.61. The minimum absolute atomic E-state index is 0.727. The van der Waals surface area contributed by atoms with E-state index in [0.717, 1.165) is 16.0 Å². The average molecular weight is 150 g/mol. The standard InChI is InChI=1S/C8H10N2O/c1-7-4-3-5-9-8(7)6-10(2)11/h3-6H,1-2H3/b10-6+. The van der Waals surface area contributed by atoms with Crippen molar-refractivity contribution in [1.82, 2.24) is 4.98 Å². The van der Waals surface area contributed by atoms with Gasteiger partial charge in [0, 0.05) is 6.20 Å². The molecule has 0 aliphatic heterocycles. The molecule has 0 aromatic carbocycles. The highest BCUT2D eigenvalue weighted by atomic mass is 16.5. The summed E-state index contributed by atoms with van der Waals surface area (Å²) in [7, 11) is 1.44. The highest BCUT2D eigenvalue weighted by Gasteiger charge is 1.96. The van der Waals surface area contributed by atoms with Crippen LogP contribution < -0.4 is 0 Å². The molecule has 58 valence electrons. The number of aromatic nitrogens is 1. The van der Waals surface area contributed by atoms with Crippen LogP contribution >= 0.6 is 0 Å². The Labute approximate surface area is 65.6 Å². The second-order valence-electron chi connectivity index (χ2n) is 2.38. The van der Waals surface area contributed by atoms with Crippen molar-refractivity contribution in [3.63, 3.8) is 0 Å². The summed E-state index contributed by atoms with van der Waals surface area (Å²) in [6.45, 7) is 1.92. The van der Waals surface area contributed by atoms with Crippen molar-refractivity contribution in [1.29, 1.82) is 0 Å². The molecular weight excluding hydrogens is 140 g/mol. The van der Waals surface area contributed by atoms with Gasteiger partial charge in [-0.25, -0.2) is 4.74 Å². The molecule has 0 bridgehead atoms. The van der Waals surface area contributed by atoms with E-state index in [2.05, 4.69) is 4.98 Å². The van der Waals surface area contributed by atoms with E-state index in [0.29, 0.717) is 0 Å². The van der Waals surface area contributed by atoms with Crippen LogP contribution in [-0.4, -0.2) is 23.0 Å². The SMILES string of the molecule is Cc1cccnc1/C=[N+](\C)[O-]. The van der Waals surface area contributed by atoms with Crippen molar-refractivity contribution in [2.75, 3.05) is 7.05 Å². The summed E-state index contributed by atoms with van der Waals surface area (Å²) in [6, 6.07) is 3.76. The predicted octanol–water partition coefficient (Wildman–Crippen LogP) is 0.949. The molecule has 0 spiro atoms. The van der Waals surface area contributed by atoms with Gasteiger partial charge in [-0.2, -0.15) is 0 Å². The third-order valence-corrected chi connectivity index (χ3v) is 1.35. The third-order valence-electron chi connectivity index (χ3n) is 1.35. The molecule has 0 amide bonds. The van der Waals surface area contributed by atoms with Crippen molar-refractivity contribution >= 4 is 6.21 Å². The average Bonchev–Trinajstić information content (AvgIpc) is 1.93. The van der Waals surface area contributed by atoms with Crippen LogP contribution in [0.2, 0.25) is 0 Å². The van der Waals surface area contributed by atoms with Gasteiger partial charge >= 0.3 is 0 Å². The molecule has 11 heavy (non-hydrogen) atoms. The number of rotatable bonds is 1. The van der Waals surface area contributed by atoms with Crippen LogP contribution in [0, 0.1) is 12.1 Å². The molecule has 1 rings (SSSR count). The Balaban J connectivity index is 3.04. The molecule has 1 heterocycles. The molecule has 0 fully saturated rings. The minimum atomic E-state index is 0.727. The molecular formula is C8H10N2O. The van der Waals surface area contributed by atoms with Crippen molar-refractivity contribution in [2.45, 2.75) is 6.92 Å². The van der Waals surface area contributed by atoms with E-state index >= 15 is 0 Å². The van der Waals surface area contributed by atoms with Crippen LogP contribution in [0.25, 0.3) is 0 Å². The number of hydrogen-bond acceptors (Lipinski definition) is 2. The number of pyridine rings is 1. The Morgan fingerprint density at radius 3 is 2.91 bits per heavy atom. The quantitative estimate of drug-likeness (QED) is 0.259. The van der Waals surface area contributed by atoms with Crippen molar-refractivity contribution in [3.8, 4) is 0 Å². The molecule has 0 aliphatic carbocycles. The lowest BCUT2D eigenvalue weighted by Crippen LogP contribution is -2.01. The normalized spacial score (nSPS) is 11.6. The molecule has 0 saturated carbocycles. The molecule has 3 nitrogen and oxygen atoms in total. The highest BCUT2D eigenvalue weighted by Crippen LogP contribution is 1.98. The molecule has 1 aromatic rings. The molecule has 3 heteroatoms. The van der Waals surface area contributed by atoms with Gasteiger partial charge in [0.15, 0.2) is 6.21 Å². The van der Waals surface area contributed by atoms with Crippen LogP contribution in [-0.2, 0) is 0 Å². The summed E-state index contributed by atoms with van der Waals surface area (Å²) < 4.78 is 0.745. The topological polar surface area (TPSA) is 39.0 Å². The van der Waals surface area contributed by atoms with Gasteiger partial charge in [-0.1, -0.05) is 6.07 Å². The zero-order valence-corrected chi connectivity index (χ0v) is 6.61. The first-order valence-electron chi connectivity index (χ1n) is 3.36. The molecule has 0 N–H and O–H groups in total. The number of aryl methyl sites for hydroxylation is 1. The van der Waals surface area contributed by atoms with Crippen LogP contribution in [0.5, 0.6) is 0 Å². The summed E-state index contributed by atoms with van der Waals surface area (Å²) in [5.41, 5.74) is 1.74. The van der Waals surface area contributed by atoms with Crippen molar-refractivity contribution in [2.24, 2.45) is 0 Å². The maximum atomic E-state index is 10.6. The predicted molar refractivity (Wildman–Crippen MR) is 43.7 cm³/mol. The van der Waals surface area contributed by atoms with E-state index in [1.165, 1.54) is 13.3 Å². The molecule has 0 aliphatic rings. The first kappa shape index (κ1) is 7.72. The second-order valence-corrected chi connectivity index (χ2v) is 2.38. The zero-order chi connectivity index (χ0) is 8.27. The Hall–Kier alpha value is -1.38. The van der Waals surface area contributed by atoms with Gasteiger partial charge in [0.1, 0.15) is 12.7 Å². The van der Waals surface area contributed by atoms with E-state index in [1.54, 1.807) is 6.20 Å². The monoisotopic (exact) mass is 150 g/mol. The van der Waals surface area contributed by atoms with Crippen LogP contribution in [0.15, 0.2) is 18.3 Å². The molecule has 0 radical (unpaired) electrons. The fraction of sp³-hybridized carbons (Fsp3) is 0.250. The Kier molecular flexibility index (Phi) is 2.21. The van der Waals surface area contributed by atoms with Crippen LogP contribution in [0.4, 0.5) is 0 Å². The Bertz CT molecular complexity index is 277. The summed E-state index contributed by atoms with van der Waals surface area (Å²) in [5, 5.41) is 10.6. The maximum absolute atomic E-state index is 10.6. The van der Waals surface area contributed by atoms with Gasteiger partial charge in [-0.15, -0.1) is 0 Å². The van der Waals surface area contributed by atoms with E-state index in [-0.39, 0.29) is 0 Å². The Morgan fingerprint density at radius 1 is 1.64 bits per heavy atom. The van der Waals surface area contributed by atoms with E-state index in [4.69, 9.17) is 0 Å². The first-order valence-corrected chi connectivity index (χ1v) is 3.36. The minimum Gasteiger partial charge on any atom is -0.624 e. The lowest BCUT2D eigenvalue weighted by molar-refractivity contribution is -0.416. The number of nitrogens with zero attached hydrogens (tertiary/aromatic N) is 2. The van der Waals surface area contributed by atoms with Gasteiger partial charge < -0.3 is 5.21 Å². The fourth-order valence-corrected chi connectivity index (χ4v) is 0.805. The lowest BCUT2D eigenvalue weighted by atomic mass is 10.2. The van der Waals surface area contributed by atoms with Gasteiger partial charge in [-0.3, -0.25) is 4.98 Å². The summed E-state index contributed by atoms with van der Waals surface area (Å²) >= 11 is 0. The van der Waals surface area contributed by atoms with Crippen LogP contribution in [0.1, 0.15) is 11.3 Å². The smallest absolute Gasteiger partial charge is 0.200 e. The highest BCUT2D eigenvalue weighted by molar-refractivity contribution is 5.74. The molecule has 0 atom stereocenters. The van der Waals surface area contributed by atoms with Gasteiger partial charge in [0.25, 0.3) is 0 Å². The molecule has 1 aromatic heterocycles. The van der Waals surface area contributed by atoms with Gasteiger partial charge in [-0.05, 0) is 18.6 Å². The molecule has 0 saturated heterocycles. The van der Waals surface area contributed by atoms with Crippen molar-refractivity contribution < 1.29 is 4.74 Å². The Morgan fingerprint density at radius 2 is 2.36 bits per heavy atom. The second kappa shape index (κ2) is 3.14. The number of hydrogen-bond donors (Lipinski definition) is 0. The van der Waals surface area contributed by atoms with E-state index < -0.39 is 0 Å². The van der Waals surface area contributed by atoms with Gasteiger partial charge in [0.2, 0.25) is 0 Å². The summed E-state index contributed by atoms with van der Waals surface area (Å²) in [6.07, 6.45) is 3.12. The van der Waals surface area contributed by atoms with Gasteiger partial charge in [0.05, 0.1) is 0 Å². The van der Waals surface area contributed by atoms with E-state index in [9.17, 15) is 5.21 Å². The lowest BCUT2D eigenvalue weighted by Gasteiger charge is -1.97. The third kappa shape index (κ3) is 2.04. The molecule has 0 unspecified atom stereocenters. The summed E-state index contributed by atoms with van der Waals surface area (Å²) in [5.74, 6) is 0. The number of hydroxylamine groups is 1. The van der Waals surface area contributed by atoms with E-state index in [1.807, 2.05) is 19.1 Å². The van der Waals surface area contributed by atoms with Crippen LogP contribution in [0.3, 0.4) is 0 Å². The summed E-state index contributed by atoms with van der Waals surface area (Å²) in [4.78, 5) is 4.02.